The molecule has 6 nitrogen and oxygen atoms in total. The number of aliphatic hydroxyl groups is 2. The van der Waals surface area contributed by atoms with E-state index in [2.05, 4.69) is 19.2 Å². The van der Waals surface area contributed by atoms with Crippen molar-refractivity contribution in [3.63, 3.8) is 0 Å². The molecule has 0 saturated carbocycles. The van der Waals surface area contributed by atoms with Crippen molar-refractivity contribution < 1.29 is 24.5 Å². The number of allylic oxidation sites excluding steroid dienone is 1. The summed E-state index contributed by atoms with van der Waals surface area (Å²) < 4.78 is 5.48. The summed E-state index contributed by atoms with van der Waals surface area (Å²) in [5, 5.41) is 23.1. The molecule has 3 N–H and O–H groups in total. The number of hydrogen-bond donors (Lipinski definition) is 3. The summed E-state index contributed by atoms with van der Waals surface area (Å²) in [7, 11) is 0. The standard InChI is InChI=1S/C57H111NO5/c1-3-5-7-9-11-13-15-17-19-23-27-31-35-39-43-47-51-57(62)63-52-48-44-40-36-32-28-24-20-22-26-30-34-38-42-46-50-56(61)58-54(53-59)55(60)49-45-41-37-33-29-25-21-18-16-14-12-10-8-6-4-2/h45,49,54-55,59-60H,3-44,46-48,50-53H2,1-2H3,(H,58,61)/b49-45+. The van der Waals surface area contributed by atoms with Gasteiger partial charge in [0.1, 0.15) is 0 Å². The van der Waals surface area contributed by atoms with Gasteiger partial charge in [0.2, 0.25) is 5.91 Å². The summed E-state index contributed by atoms with van der Waals surface area (Å²) >= 11 is 0. The number of rotatable bonds is 53. The Hall–Kier alpha value is -1.40. The first-order chi connectivity index (χ1) is 31.0. The molecular formula is C57H111NO5. The van der Waals surface area contributed by atoms with Crippen LogP contribution in [0.15, 0.2) is 12.2 Å². The molecule has 2 atom stereocenters. The molecule has 0 aliphatic heterocycles. The summed E-state index contributed by atoms with van der Waals surface area (Å²) in [6, 6.07) is -0.633. The van der Waals surface area contributed by atoms with Gasteiger partial charge in [0.05, 0.1) is 25.4 Å². The van der Waals surface area contributed by atoms with Crippen LogP contribution in [0, 0.1) is 0 Å². The molecule has 0 aliphatic carbocycles. The van der Waals surface area contributed by atoms with Gasteiger partial charge in [0.15, 0.2) is 0 Å². The van der Waals surface area contributed by atoms with E-state index in [4.69, 9.17) is 4.74 Å². The second-order valence-electron chi connectivity index (χ2n) is 19.6. The number of nitrogens with one attached hydrogen (secondary N) is 1. The zero-order valence-corrected chi connectivity index (χ0v) is 42.6. The summed E-state index contributed by atoms with van der Waals surface area (Å²) in [5.41, 5.74) is 0. The summed E-state index contributed by atoms with van der Waals surface area (Å²) in [6.07, 6.45) is 62.2. The minimum Gasteiger partial charge on any atom is -0.466 e. The Morgan fingerprint density at radius 1 is 0.429 bits per heavy atom. The van der Waals surface area contributed by atoms with Crippen molar-refractivity contribution in [1.29, 1.82) is 0 Å². The van der Waals surface area contributed by atoms with Crippen molar-refractivity contribution in [2.24, 2.45) is 0 Å². The predicted molar refractivity (Wildman–Crippen MR) is 273 cm³/mol. The van der Waals surface area contributed by atoms with Crippen LogP contribution in [0.5, 0.6) is 0 Å². The van der Waals surface area contributed by atoms with Gasteiger partial charge < -0.3 is 20.3 Å². The van der Waals surface area contributed by atoms with Crippen molar-refractivity contribution in [2.75, 3.05) is 13.2 Å². The fraction of sp³-hybridized carbons (Fsp3) is 0.930. The highest BCUT2D eigenvalue weighted by molar-refractivity contribution is 5.76. The average Bonchev–Trinajstić information content (AvgIpc) is 3.28. The molecule has 6 heteroatoms. The molecule has 0 saturated heterocycles. The second kappa shape index (κ2) is 53.2. The lowest BCUT2D eigenvalue weighted by atomic mass is 10.0. The lowest BCUT2D eigenvalue weighted by Crippen LogP contribution is -2.45. The number of unbranched alkanes of at least 4 members (excludes halogenated alkanes) is 42. The van der Waals surface area contributed by atoms with Crippen molar-refractivity contribution in [1.82, 2.24) is 5.32 Å². The Morgan fingerprint density at radius 2 is 0.730 bits per heavy atom. The van der Waals surface area contributed by atoms with Gasteiger partial charge in [-0.1, -0.05) is 283 Å². The fourth-order valence-electron chi connectivity index (χ4n) is 8.93. The number of hydrogen-bond acceptors (Lipinski definition) is 5. The number of carbonyl (C=O) groups excluding carboxylic acids is 2. The van der Waals surface area contributed by atoms with Gasteiger partial charge in [-0.2, -0.15) is 0 Å². The zero-order valence-electron chi connectivity index (χ0n) is 42.6. The minimum atomic E-state index is -0.849. The second-order valence-corrected chi connectivity index (χ2v) is 19.6. The molecule has 0 fully saturated rings. The van der Waals surface area contributed by atoms with Crippen LogP contribution < -0.4 is 5.32 Å². The first-order valence-corrected chi connectivity index (χ1v) is 28.5. The van der Waals surface area contributed by atoms with E-state index < -0.39 is 12.1 Å². The van der Waals surface area contributed by atoms with E-state index in [0.29, 0.717) is 19.4 Å². The zero-order chi connectivity index (χ0) is 45.8. The van der Waals surface area contributed by atoms with E-state index >= 15 is 0 Å². The average molecular weight is 891 g/mol. The summed E-state index contributed by atoms with van der Waals surface area (Å²) in [5.74, 6) is -0.0711. The maximum atomic E-state index is 12.4. The van der Waals surface area contributed by atoms with Gasteiger partial charge in [-0.15, -0.1) is 0 Å². The van der Waals surface area contributed by atoms with E-state index in [-0.39, 0.29) is 18.5 Å². The largest absolute Gasteiger partial charge is 0.466 e. The molecule has 0 aromatic heterocycles. The highest BCUT2D eigenvalue weighted by atomic mass is 16.5. The summed E-state index contributed by atoms with van der Waals surface area (Å²) in [6.45, 7) is 4.91. The monoisotopic (exact) mass is 890 g/mol. The van der Waals surface area contributed by atoms with Gasteiger partial charge in [0, 0.05) is 12.8 Å². The quantitative estimate of drug-likeness (QED) is 0.0321. The van der Waals surface area contributed by atoms with Crippen LogP contribution in [0.4, 0.5) is 0 Å². The first kappa shape index (κ1) is 61.6. The van der Waals surface area contributed by atoms with Crippen LogP contribution >= 0.6 is 0 Å². The number of aliphatic hydroxyl groups excluding tert-OH is 2. The highest BCUT2D eigenvalue weighted by Gasteiger charge is 2.18. The Balaban J connectivity index is 3.43. The molecule has 0 spiro atoms. The number of ether oxygens (including phenoxy) is 1. The lowest BCUT2D eigenvalue weighted by molar-refractivity contribution is -0.143. The first-order valence-electron chi connectivity index (χ1n) is 28.5. The van der Waals surface area contributed by atoms with Crippen LogP contribution in [0.2, 0.25) is 0 Å². The maximum Gasteiger partial charge on any atom is 0.305 e. The highest BCUT2D eigenvalue weighted by Crippen LogP contribution is 2.17. The molecular weight excluding hydrogens is 779 g/mol. The molecule has 2 unspecified atom stereocenters. The van der Waals surface area contributed by atoms with Crippen LogP contribution in [-0.4, -0.2) is 47.4 Å². The van der Waals surface area contributed by atoms with E-state index in [1.54, 1.807) is 6.08 Å². The van der Waals surface area contributed by atoms with Crippen molar-refractivity contribution in [3.8, 4) is 0 Å². The molecule has 0 aliphatic rings. The molecule has 374 valence electrons. The molecule has 0 radical (unpaired) electrons. The molecule has 0 heterocycles. The van der Waals surface area contributed by atoms with Crippen LogP contribution in [-0.2, 0) is 14.3 Å². The van der Waals surface area contributed by atoms with E-state index in [1.165, 1.54) is 244 Å². The van der Waals surface area contributed by atoms with Crippen molar-refractivity contribution in [2.45, 2.75) is 328 Å². The molecule has 0 aromatic carbocycles. The fourth-order valence-corrected chi connectivity index (χ4v) is 8.93. The van der Waals surface area contributed by atoms with Crippen LogP contribution in [0.3, 0.4) is 0 Å². The Bertz CT molecular complexity index is 939. The van der Waals surface area contributed by atoms with Crippen LogP contribution in [0.1, 0.15) is 316 Å². The van der Waals surface area contributed by atoms with E-state index in [9.17, 15) is 19.8 Å². The molecule has 1 amide bonds. The number of amides is 1. The maximum absolute atomic E-state index is 12.4. The molecule has 63 heavy (non-hydrogen) atoms. The SMILES string of the molecule is CCCCCCCCCCCCCCC/C=C/C(O)C(CO)NC(=O)CCCCCCCCCCCCCCCCCOC(=O)CCCCCCCCCCCCCCCCCC. The molecule has 0 bridgehead atoms. The minimum absolute atomic E-state index is 0.00344. The number of esters is 1. The Morgan fingerprint density at radius 3 is 1.08 bits per heavy atom. The van der Waals surface area contributed by atoms with E-state index in [0.717, 1.165) is 44.9 Å². The topological polar surface area (TPSA) is 95.9 Å². The van der Waals surface area contributed by atoms with Crippen molar-refractivity contribution in [3.05, 3.63) is 12.2 Å². The third-order valence-corrected chi connectivity index (χ3v) is 13.3. The lowest BCUT2D eigenvalue weighted by Gasteiger charge is -2.20. The summed E-state index contributed by atoms with van der Waals surface area (Å²) in [4.78, 5) is 24.5. The normalized spacial score (nSPS) is 12.6. The van der Waals surface area contributed by atoms with Gasteiger partial charge >= 0.3 is 5.97 Å². The molecule has 0 aromatic rings. The third kappa shape index (κ3) is 49.9. The number of carbonyl (C=O) groups is 2. The van der Waals surface area contributed by atoms with Gasteiger partial charge in [-0.05, 0) is 32.1 Å². The van der Waals surface area contributed by atoms with Crippen molar-refractivity contribution >= 4 is 11.9 Å². The Kier molecular flexibility index (Phi) is 52.0. The Labute approximate surface area is 393 Å². The van der Waals surface area contributed by atoms with Gasteiger partial charge in [0.25, 0.3) is 0 Å². The predicted octanol–water partition coefficient (Wildman–Crippen LogP) is 17.3. The molecule has 0 rings (SSSR count). The van der Waals surface area contributed by atoms with Gasteiger partial charge in [-0.3, -0.25) is 9.59 Å². The smallest absolute Gasteiger partial charge is 0.305 e. The third-order valence-electron chi connectivity index (χ3n) is 13.3. The van der Waals surface area contributed by atoms with E-state index in [1.807, 2.05) is 6.08 Å². The van der Waals surface area contributed by atoms with Crippen LogP contribution in [0.25, 0.3) is 0 Å². The van der Waals surface area contributed by atoms with Gasteiger partial charge in [-0.25, -0.2) is 0 Å².